The number of rotatable bonds is 4. The van der Waals surface area contributed by atoms with E-state index >= 15 is 0 Å². The third-order valence-electron chi connectivity index (χ3n) is 4.27. The highest BCUT2D eigenvalue weighted by atomic mass is 35.5. The fourth-order valence-corrected chi connectivity index (χ4v) is 3.25. The Bertz CT molecular complexity index is 412. The third kappa shape index (κ3) is 3.10. The number of methoxy groups -OCH3 is 1. The molecule has 0 aliphatic heterocycles. The first kappa shape index (κ1) is 14.8. The summed E-state index contributed by atoms with van der Waals surface area (Å²) in [5, 5.41) is 0.442. The molecule has 2 rings (SSSR count). The lowest BCUT2D eigenvalue weighted by molar-refractivity contribution is -0.0584. The number of ether oxygens (including phenoxy) is 1. The summed E-state index contributed by atoms with van der Waals surface area (Å²) in [6, 6.07) is 4.51. The zero-order valence-corrected chi connectivity index (χ0v) is 12.0. The zero-order chi connectivity index (χ0) is 13.9. The van der Waals surface area contributed by atoms with Crippen molar-refractivity contribution in [3.8, 4) is 0 Å². The van der Waals surface area contributed by atoms with E-state index in [0.717, 1.165) is 25.7 Å². The largest absolute Gasteiger partial charge is 0.377 e. The summed E-state index contributed by atoms with van der Waals surface area (Å²) < 4.78 is 19.5. The van der Waals surface area contributed by atoms with E-state index in [9.17, 15) is 4.39 Å². The van der Waals surface area contributed by atoms with Crippen LogP contribution in [0.25, 0.3) is 0 Å². The van der Waals surface area contributed by atoms with Gasteiger partial charge < -0.3 is 10.5 Å². The third-order valence-corrected chi connectivity index (χ3v) is 4.62. The predicted octanol–water partition coefficient (Wildman–Crippen LogP) is 3.70. The van der Waals surface area contributed by atoms with Gasteiger partial charge in [0.05, 0.1) is 5.60 Å². The summed E-state index contributed by atoms with van der Waals surface area (Å²) in [4.78, 5) is 0. The second-order valence-corrected chi connectivity index (χ2v) is 5.75. The zero-order valence-electron chi connectivity index (χ0n) is 11.3. The number of nitrogens with two attached hydrogens (primary N) is 1. The lowest BCUT2D eigenvalue weighted by Crippen LogP contribution is -2.52. The Hall–Kier alpha value is -0.640. The van der Waals surface area contributed by atoms with Crippen LogP contribution in [0.4, 0.5) is 4.39 Å². The molecule has 0 radical (unpaired) electrons. The molecule has 106 valence electrons. The van der Waals surface area contributed by atoms with E-state index in [1.54, 1.807) is 19.2 Å². The Morgan fingerprint density at radius 3 is 2.63 bits per heavy atom. The van der Waals surface area contributed by atoms with Gasteiger partial charge in [-0.1, -0.05) is 36.9 Å². The molecule has 1 unspecified atom stereocenters. The van der Waals surface area contributed by atoms with Crippen LogP contribution in [0, 0.1) is 5.82 Å². The molecular formula is C15H21ClFNO. The lowest BCUT2D eigenvalue weighted by atomic mass is 9.77. The SMILES string of the molecule is COC1(C(N)Cc2c(F)cccc2Cl)CCCCC1. The van der Waals surface area contributed by atoms with Crippen LogP contribution in [-0.2, 0) is 11.2 Å². The molecule has 0 bridgehead atoms. The molecule has 1 aliphatic carbocycles. The average Bonchev–Trinajstić information content (AvgIpc) is 2.43. The Labute approximate surface area is 119 Å². The lowest BCUT2D eigenvalue weighted by Gasteiger charge is -2.41. The molecule has 0 aromatic heterocycles. The van der Waals surface area contributed by atoms with Gasteiger partial charge in [0, 0.05) is 23.7 Å². The Kier molecular flexibility index (Phi) is 4.82. The molecule has 1 saturated carbocycles. The highest BCUT2D eigenvalue weighted by Gasteiger charge is 2.38. The van der Waals surface area contributed by atoms with Crippen LogP contribution in [0.1, 0.15) is 37.7 Å². The minimum Gasteiger partial charge on any atom is -0.377 e. The van der Waals surface area contributed by atoms with Crippen molar-refractivity contribution in [1.29, 1.82) is 0 Å². The molecule has 1 aliphatic rings. The summed E-state index contributed by atoms with van der Waals surface area (Å²) in [6.07, 6.45) is 5.75. The quantitative estimate of drug-likeness (QED) is 0.915. The van der Waals surface area contributed by atoms with E-state index in [1.807, 2.05) is 0 Å². The van der Waals surface area contributed by atoms with Gasteiger partial charge in [0.15, 0.2) is 0 Å². The first-order valence-corrected chi connectivity index (χ1v) is 7.20. The van der Waals surface area contributed by atoms with E-state index in [1.165, 1.54) is 12.5 Å². The minimum absolute atomic E-state index is 0.229. The van der Waals surface area contributed by atoms with Crippen molar-refractivity contribution in [3.05, 3.63) is 34.6 Å². The fourth-order valence-electron chi connectivity index (χ4n) is 3.01. The molecule has 1 aromatic rings. The Balaban J connectivity index is 2.17. The van der Waals surface area contributed by atoms with E-state index < -0.39 is 0 Å². The number of hydrogen-bond donors (Lipinski definition) is 1. The smallest absolute Gasteiger partial charge is 0.127 e. The van der Waals surface area contributed by atoms with Crippen LogP contribution in [0.15, 0.2) is 18.2 Å². The van der Waals surface area contributed by atoms with Gasteiger partial charge in [-0.3, -0.25) is 0 Å². The molecule has 0 saturated heterocycles. The molecule has 2 nitrogen and oxygen atoms in total. The van der Waals surface area contributed by atoms with Gasteiger partial charge >= 0.3 is 0 Å². The highest BCUT2D eigenvalue weighted by Crippen LogP contribution is 2.35. The van der Waals surface area contributed by atoms with Crippen LogP contribution >= 0.6 is 11.6 Å². The summed E-state index contributed by atoms with van der Waals surface area (Å²) in [5.74, 6) is -0.287. The van der Waals surface area contributed by atoms with Crippen molar-refractivity contribution in [1.82, 2.24) is 0 Å². The fraction of sp³-hybridized carbons (Fsp3) is 0.600. The van der Waals surface area contributed by atoms with Gasteiger partial charge in [-0.25, -0.2) is 4.39 Å². The van der Waals surface area contributed by atoms with Crippen LogP contribution in [0.3, 0.4) is 0 Å². The van der Waals surface area contributed by atoms with E-state index in [2.05, 4.69) is 0 Å². The molecule has 1 aromatic carbocycles. The van der Waals surface area contributed by atoms with Gasteiger partial charge in [0.2, 0.25) is 0 Å². The van der Waals surface area contributed by atoms with Crippen LogP contribution in [0.5, 0.6) is 0 Å². The normalized spacial score (nSPS) is 20.2. The van der Waals surface area contributed by atoms with Crippen LogP contribution < -0.4 is 5.73 Å². The highest BCUT2D eigenvalue weighted by molar-refractivity contribution is 6.31. The number of benzene rings is 1. The summed E-state index contributed by atoms with van der Waals surface area (Å²) in [5.41, 5.74) is 6.48. The van der Waals surface area contributed by atoms with E-state index in [-0.39, 0.29) is 17.5 Å². The molecule has 0 spiro atoms. The molecule has 1 fully saturated rings. The second-order valence-electron chi connectivity index (χ2n) is 5.34. The van der Waals surface area contributed by atoms with Crippen LogP contribution in [-0.4, -0.2) is 18.8 Å². The molecular weight excluding hydrogens is 265 g/mol. The minimum atomic E-state index is -0.330. The predicted molar refractivity (Wildman–Crippen MR) is 75.9 cm³/mol. The van der Waals surface area contributed by atoms with Gasteiger partial charge in [-0.15, -0.1) is 0 Å². The molecule has 4 heteroatoms. The summed E-state index contributed by atoms with van der Waals surface area (Å²) >= 11 is 6.06. The maximum atomic E-state index is 13.8. The molecule has 19 heavy (non-hydrogen) atoms. The van der Waals surface area contributed by atoms with E-state index in [4.69, 9.17) is 22.1 Å². The monoisotopic (exact) mass is 285 g/mol. The van der Waals surface area contributed by atoms with Gasteiger partial charge in [0.1, 0.15) is 5.82 Å². The van der Waals surface area contributed by atoms with Crippen molar-refractivity contribution in [2.75, 3.05) is 7.11 Å². The molecule has 1 atom stereocenters. The van der Waals surface area contributed by atoms with Crippen molar-refractivity contribution in [3.63, 3.8) is 0 Å². The maximum absolute atomic E-state index is 13.8. The Morgan fingerprint density at radius 1 is 1.37 bits per heavy atom. The standard InChI is InChI=1S/C15H21ClFNO/c1-19-15(8-3-2-4-9-15)14(18)10-11-12(16)6-5-7-13(11)17/h5-7,14H,2-4,8-10,18H2,1H3. The van der Waals surface area contributed by atoms with Crippen LogP contribution in [0.2, 0.25) is 5.02 Å². The summed E-state index contributed by atoms with van der Waals surface area (Å²) in [7, 11) is 1.70. The maximum Gasteiger partial charge on any atom is 0.127 e. The average molecular weight is 286 g/mol. The van der Waals surface area contributed by atoms with Gasteiger partial charge in [-0.05, 0) is 31.4 Å². The molecule has 0 heterocycles. The summed E-state index contributed by atoms with van der Waals surface area (Å²) in [6.45, 7) is 0. The Morgan fingerprint density at radius 2 is 2.05 bits per heavy atom. The van der Waals surface area contributed by atoms with Crippen molar-refractivity contribution < 1.29 is 9.13 Å². The molecule has 2 N–H and O–H groups in total. The second kappa shape index (κ2) is 6.21. The van der Waals surface area contributed by atoms with Crippen molar-refractivity contribution >= 4 is 11.6 Å². The van der Waals surface area contributed by atoms with Crippen molar-refractivity contribution in [2.45, 2.75) is 50.2 Å². The van der Waals surface area contributed by atoms with E-state index in [0.29, 0.717) is 17.0 Å². The number of halogens is 2. The first-order chi connectivity index (χ1) is 9.09. The first-order valence-electron chi connectivity index (χ1n) is 6.83. The van der Waals surface area contributed by atoms with Gasteiger partial charge in [-0.2, -0.15) is 0 Å². The topological polar surface area (TPSA) is 35.2 Å². The molecule has 0 amide bonds. The van der Waals surface area contributed by atoms with Gasteiger partial charge in [0.25, 0.3) is 0 Å². The van der Waals surface area contributed by atoms with Crippen molar-refractivity contribution in [2.24, 2.45) is 5.73 Å². The number of hydrogen-bond acceptors (Lipinski definition) is 2.